The Morgan fingerprint density at radius 2 is 1.50 bits per heavy atom. The number of esters is 1. The van der Waals surface area contributed by atoms with Crippen LogP contribution in [0.25, 0.3) is 6.08 Å². The van der Waals surface area contributed by atoms with Crippen LogP contribution < -0.4 is 9.91 Å². The van der Waals surface area contributed by atoms with Crippen molar-refractivity contribution in [2.75, 3.05) is 16.5 Å². The predicted molar refractivity (Wildman–Crippen MR) is 139 cm³/mol. The zero-order valence-electron chi connectivity index (χ0n) is 18.3. The van der Waals surface area contributed by atoms with Crippen molar-refractivity contribution in [3.05, 3.63) is 101 Å². The highest BCUT2D eigenvalue weighted by atomic mass is 32.2. The van der Waals surface area contributed by atoms with Crippen LogP contribution in [0.2, 0.25) is 0 Å². The summed E-state index contributed by atoms with van der Waals surface area (Å²) in [6, 6.07) is 28.7. The zero-order chi connectivity index (χ0) is 23.5. The molecule has 0 aliphatic carbocycles. The van der Waals surface area contributed by atoms with Crippen molar-refractivity contribution in [2.45, 2.75) is 11.3 Å². The first kappa shape index (κ1) is 22.3. The number of hydrazone groups is 1. The molecule has 3 aromatic rings. The molecule has 170 valence electrons. The molecule has 2 heterocycles. The van der Waals surface area contributed by atoms with Gasteiger partial charge in [0.15, 0.2) is 0 Å². The Morgan fingerprint density at radius 3 is 2.12 bits per heavy atom. The van der Waals surface area contributed by atoms with Gasteiger partial charge in [0, 0.05) is 5.69 Å². The number of anilines is 2. The minimum absolute atomic E-state index is 0.159. The highest BCUT2D eigenvalue weighted by Gasteiger charge is 2.60. The number of thioether (sulfide) groups is 2. The minimum atomic E-state index is -1.07. The Kier molecular flexibility index (Phi) is 6.17. The number of rotatable bonds is 5. The zero-order valence-corrected chi connectivity index (χ0v) is 20.0. The third kappa shape index (κ3) is 3.99. The Labute approximate surface area is 206 Å². The number of ether oxygens (including phenoxy) is 1. The maximum atomic E-state index is 13.9. The van der Waals surface area contributed by atoms with Crippen LogP contribution >= 0.6 is 23.5 Å². The van der Waals surface area contributed by atoms with Gasteiger partial charge >= 0.3 is 5.97 Å². The molecule has 1 atom stereocenters. The fourth-order valence-electron chi connectivity index (χ4n) is 3.73. The van der Waals surface area contributed by atoms with Crippen LogP contribution in [0.5, 0.6) is 0 Å². The van der Waals surface area contributed by atoms with E-state index < -0.39 is 10.3 Å². The first-order chi connectivity index (χ1) is 16.6. The van der Waals surface area contributed by atoms with Crippen molar-refractivity contribution >= 4 is 57.9 Å². The van der Waals surface area contributed by atoms with Crippen LogP contribution in [0, 0.1) is 0 Å². The van der Waals surface area contributed by atoms with E-state index in [0.29, 0.717) is 10.6 Å². The number of hydrogen-bond acceptors (Lipinski definition) is 7. The quantitative estimate of drug-likeness (QED) is 0.347. The molecule has 0 unspecified atom stereocenters. The van der Waals surface area contributed by atoms with E-state index in [9.17, 15) is 9.59 Å². The monoisotopic (exact) mass is 487 g/mol. The van der Waals surface area contributed by atoms with Gasteiger partial charge in [-0.1, -0.05) is 78.5 Å². The molecule has 8 heteroatoms. The Bertz CT molecular complexity index is 1270. The van der Waals surface area contributed by atoms with Crippen LogP contribution in [0.15, 0.2) is 101 Å². The molecule has 3 aromatic carbocycles. The number of carbonyl (C=O) groups excluding carboxylic acids is 2. The fourth-order valence-corrected chi connectivity index (χ4v) is 6.61. The van der Waals surface area contributed by atoms with Crippen LogP contribution in [-0.4, -0.2) is 27.9 Å². The largest absolute Gasteiger partial charge is 0.461 e. The molecular formula is C26H21N3O3S2. The average molecular weight is 488 g/mol. The van der Waals surface area contributed by atoms with E-state index in [1.54, 1.807) is 16.8 Å². The highest BCUT2D eigenvalue weighted by Crippen LogP contribution is 2.59. The minimum Gasteiger partial charge on any atom is -0.461 e. The summed E-state index contributed by atoms with van der Waals surface area (Å²) >= 11 is 2.59. The lowest BCUT2D eigenvalue weighted by atomic mass is 10.2. The molecular weight excluding hydrogens is 466 g/mol. The molecule has 0 N–H and O–H groups in total. The van der Waals surface area contributed by atoms with Gasteiger partial charge in [-0.3, -0.25) is 9.69 Å². The van der Waals surface area contributed by atoms with Crippen LogP contribution in [0.1, 0.15) is 12.5 Å². The van der Waals surface area contributed by atoms with E-state index >= 15 is 0 Å². The third-order valence-electron chi connectivity index (χ3n) is 5.19. The Morgan fingerprint density at radius 1 is 0.912 bits per heavy atom. The normalized spacial score (nSPS) is 20.8. The molecule has 1 spiro atoms. The number of para-hydroxylation sites is 2. The van der Waals surface area contributed by atoms with E-state index in [2.05, 4.69) is 5.10 Å². The van der Waals surface area contributed by atoms with E-state index in [1.165, 1.54) is 23.5 Å². The maximum absolute atomic E-state index is 13.9. The van der Waals surface area contributed by atoms with Gasteiger partial charge in [-0.2, -0.15) is 5.10 Å². The summed E-state index contributed by atoms with van der Waals surface area (Å²) in [5.41, 5.74) is 2.39. The van der Waals surface area contributed by atoms with E-state index in [-0.39, 0.29) is 17.6 Å². The van der Waals surface area contributed by atoms with Gasteiger partial charge in [-0.25, -0.2) is 9.80 Å². The summed E-state index contributed by atoms with van der Waals surface area (Å²) in [4.78, 5) is 28.9. The topological polar surface area (TPSA) is 62.2 Å². The van der Waals surface area contributed by atoms with Gasteiger partial charge in [0.05, 0.1) is 17.2 Å². The summed E-state index contributed by atoms with van der Waals surface area (Å²) in [6.07, 6.45) is 1.88. The van der Waals surface area contributed by atoms with Crippen molar-refractivity contribution in [3.63, 3.8) is 0 Å². The Hall–Kier alpha value is -3.49. The summed E-state index contributed by atoms with van der Waals surface area (Å²) in [5.74, 6) is -0.666. The smallest absolute Gasteiger partial charge is 0.365 e. The standard InChI is InChI=1S/C26H21N3O3S2/c1-2-32-25(31)23-27-29(21-16-10-5-11-17-21)26(34-23)28(20-14-8-4-9-15-20)24(30)22(33-26)18-19-12-6-3-7-13-19/h3-18H,2H2,1H3/b22-18+/t26-/m0/s1. The molecule has 6 nitrogen and oxygen atoms in total. The second-order valence-corrected chi connectivity index (χ2v) is 10.1. The number of carbonyl (C=O) groups is 2. The van der Waals surface area contributed by atoms with Crippen molar-refractivity contribution in [3.8, 4) is 0 Å². The predicted octanol–water partition coefficient (Wildman–Crippen LogP) is 5.55. The van der Waals surface area contributed by atoms with E-state index in [1.807, 2.05) is 97.1 Å². The van der Waals surface area contributed by atoms with Crippen molar-refractivity contribution < 1.29 is 14.3 Å². The molecule has 0 radical (unpaired) electrons. The second-order valence-electron chi connectivity index (χ2n) is 7.42. The fraction of sp³-hybridized carbons (Fsp3) is 0.115. The third-order valence-corrected chi connectivity index (χ3v) is 7.89. The number of hydrogen-bond donors (Lipinski definition) is 0. The van der Waals surface area contributed by atoms with Gasteiger partial charge in [0.25, 0.3) is 5.91 Å². The lowest BCUT2D eigenvalue weighted by Gasteiger charge is -2.38. The Balaban J connectivity index is 1.67. The van der Waals surface area contributed by atoms with Gasteiger partial charge in [0.1, 0.15) is 0 Å². The van der Waals surface area contributed by atoms with Gasteiger partial charge < -0.3 is 4.74 Å². The van der Waals surface area contributed by atoms with Crippen LogP contribution in [0.3, 0.4) is 0 Å². The SMILES string of the molecule is CCOC(=O)C1=NN(c2ccccc2)[C@]2(S1)S/C(=C/c1ccccc1)C(=O)N2c1ccccc1. The molecule has 0 bridgehead atoms. The number of benzene rings is 3. The maximum Gasteiger partial charge on any atom is 0.365 e. The van der Waals surface area contributed by atoms with E-state index in [4.69, 9.17) is 4.74 Å². The highest BCUT2D eigenvalue weighted by molar-refractivity contribution is 8.29. The lowest BCUT2D eigenvalue weighted by molar-refractivity contribution is -0.134. The second kappa shape index (κ2) is 9.40. The van der Waals surface area contributed by atoms with Crippen LogP contribution in [-0.2, 0) is 14.3 Å². The first-order valence-corrected chi connectivity index (χ1v) is 12.4. The molecule has 0 saturated carbocycles. The molecule has 34 heavy (non-hydrogen) atoms. The van der Waals surface area contributed by atoms with Crippen molar-refractivity contribution in [1.29, 1.82) is 0 Å². The molecule has 1 amide bonds. The summed E-state index contributed by atoms with van der Waals surface area (Å²) < 4.78 is 4.19. The number of amides is 1. The molecule has 0 aromatic heterocycles. The molecule has 1 saturated heterocycles. The van der Waals surface area contributed by atoms with Crippen LogP contribution in [0.4, 0.5) is 11.4 Å². The lowest BCUT2D eigenvalue weighted by Crippen LogP contribution is -2.51. The average Bonchev–Trinajstić information content (AvgIpc) is 3.38. The molecule has 2 aliphatic rings. The van der Waals surface area contributed by atoms with Crippen molar-refractivity contribution in [2.24, 2.45) is 5.10 Å². The molecule has 2 aliphatic heterocycles. The molecule has 5 rings (SSSR count). The number of nitrogens with zero attached hydrogens (tertiary/aromatic N) is 3. The van der Waals surface area contributed by atoms with Gasteiger partial charge in [-0.15, -0.1) is 0 Å². The first-order valence-electron chi connectivity index (χ1n) is 10.8. The summed E-state index contributed by atoms with van der Waals surface area (Å²) in [7, 11) is 0. The summed E-state index contributed by atoms with van der Waals surface area (Å²) in [5, 5.41) is 6.60. The molecule has 1 fully saturated rings. The van der Waals surface area contributed by atoms with Gasteiger partial charge in [-0.05, 0) is 54.6 Å². The van der Waals surface area contributed by atoms with Gasteiger partial charge in [0.2, 0.25) is 9.37 Å². The summed E-state index contributed by atoms with van der Waals surface area (Å²) in [6.45, 7) is 2.00. The van der Waals surface area contributed by atoms with E-state index in [0.717, 1.165) is 11.3 Å². The van der Waals surface area contributed by atoms with Crippen molar-refractivity contribution in [1.82, 2.24) is 0 Å².